The maximum Gasteiger partial charge on any atom is 0.409 e. The Kier molecular flexibility index (Phi) is 6.46. The van der Waals surface area contributed by atoms with Gasteiger partial charge in [-0.25, -0.2) is 9.78 Å². The molecule has 0 saturated heterocycles. The zero-order chi connectivity index (χ0) is 25.2. The number of carbonyl (C=O) groups excluding carboxylic acids is 1. The van der Waals surface area contributed by atoms with Crippen molar-refractivity contribution in [3.8, 4) is 11.4 Å². The number of carboxylic acid groups (broad SMARTS) is 1. The predicted octanol–water partition coefficient (Wildman–Crippen LogP) is 5.26. The molecule has 2 heterocycles. The average molecular weight is 484 g/mol. The number of benzene rings is 3. The molecule has 0 unspecified atom stereocenters. The predicted molar refractivity (Wildman–Crippen MR) is 138 cm³/mol. The molecule has 7 nitrogen and oxygen atoms in total. The second-order valence-corrected chi connectivity index (χ2v) is 9.33. The third-order valence-corrected chi connectivity index (χ3v) is 6.85. The number of carbonyl (C=O) groups is 2. The summed E-state index contributed by atoms with van der Waals surface area (Å²) in [5, 5.41) is 9.31. The number of imidazole rings is 1. The van der Waals surface area contributed by atoms with E-state index in [9.17, 15) is 14.7 Å². The van der Waals surface area contributed by atoms with Crippen LogP contribution >= 0.6 is 0 Å². The van der Waals surface area contributed by atoms with Gasteiger partial charge in [-0.1, -0.05) is 54.6 Å². The van der Waals surface area contributed by atoms with E-state index in [4.69, 9.17) is 9.72 Å². The maximum absolute atomic E-state index is 12.3. The number of methoxy groups -OCH3 is 1. The van der Waals surface area contributed by atoms with E-state index in [0.29, 0.717) is 13.1 Å². The van der Waals surface area contributed by atoms with Crippen LogP contribution < -0.4 is 0 Å². The van der Waals surface area contributed by atoms with E-state index in [1.807, 2.05) is 42.5 Å². The first kappa shape index (κ1) is 23.6. The molecule has 36 heavy (non-hydrogen) atoms. The summed E-state index contributed by atoms with van der Waals surface area (Å²) in [7, 11) is 1.40. The Bertz CT molecular complexity index is 1430. The number of aromatic nitrogens is 2. The molecular weight excluding hydrogens is 454 g/mol. The minimum atomic E-state index is -0.866. The van der Waals surface area contributed by atoms with Gasteiger partial charge in [0.05, 0.1) is 31.1 Å². The van der Waals surface area contributed by atoms with Crippen LogP contribution in [0.3, 0.4) is 0 Å². The summed E-state index contributed by atoms with van der Waals surface area (Å²) in [5.41, 5.74) is 6.94. The molecule has 1 aromatic heterocycles. The van der Waals surface area contributed by atoms with Gasteiger partial charge in [0.15, 0.2) is 0 Å². The van der Waals surface area contributed by atoms with Gasteiger partial charge in [-0.05, 0) is 48.6 Å². The van der Waals surface area contributed by atoms with Gasteiger partial charge in [-0.15, -0.1) is 0 Å². The highest BCUT2D eigenvalue weighted by Crippen LogP contribution is 2.35. The number of amides is 1. The smallest absolute Gasteiger partial charge is 0.409 e. The molecule has 3 aromatic carbocycles. The Morgan fingerprint density at radius 3 is 2.58 bits per heavy atom. The summed E-state index contributed by atoms with van der Waals surface area (Å²) in [6.45, 7) is 3.24. The second-order valence-electron chi connectivity index (χ2n) is 9.33. The largest absolute Gasteiger partial charge is 0.481 e. The quantitative estimate of drug-likeness (QED) is 0.404. The van der Waals surface area contributed by atoms with Crippen LogP contribution in [0.25, 0.3) is 22.4 Å². The van der Waals surface area contributed by atoms with Gasteiger partial charge >= 0.3 is 12.1 Å². The lowest BCUT2D eigenvalue weighted by Gasteiger charge is -2.28. The zero-order valence-electron chi connectivity index (χ0n) is 20.5. The molecule has 0 fully saturated rings. The molecule has 4 aromatic rings. The van der Waals surface area contributed by atoms with E-state index in [-0.39, 0.29) is 18.6 Å². The number of hydrogen-bond acceptors (Lipinski definition) is 4. The van der Waals surface area contributed by atoms with Crippen molar-refractivity contribution >= 4 is 23.1 Å². The van der Waals surface area contributed by atoms with Crippen LogP contribution in [0.5, 0.6) is 0 Å². The number of carboxylic acids is 1. The van der Waals surface area contributed by atoms with Crippen LogP contribution in [0.4, 0.5) is 4.79 Å². The number of hydrogen-bond donors (Lipinski definition) is 1. The van der Waals surface area contributed by atoms with Gasteiger partial charge in [-0.2, -0.15) is 0 Å². The molecule has 7 heteroatoms. The van der Waals surface area contributed by atoms with Crippen LogP contribution in [0.1, 0.15) is 35.2 Å². The van der Waals surface area contributed by atoms with Crippen LogP contribution in [0.2, 0.25) is 0 Å². The summed E-state index contributed by atoms with van der Waals surface area (Å²) < 4.78 is 7.23. The standard InChI is InChI=1S/C29H29N3O4/c1-19(15-20-7-4-3-5-8-20)32-25-12-11-22-13-14-31(29(35)36-2)18-24(22)27(25)30-28(32)23-10-6-9-21(16-23)17-26(33)34/h3-12,16,19H,13-15,17-18H2,1-2H3,(H,33,34)/t19-/m0/s1. The Morgan fingerprint density at radius 1 is 1.06 bits per heavy atom. The average Bonchev–Trinajstić information content (AvgIpc) is 3.29. The molecular formula is C29H29N3O4. The molecule has 1 atom stereocenters. The molecule has 5 rings (SSSR count). The molecule has 0 bridgehead atoms. The molecule has 1 aliphatic rings. The maximum atomic E-state index is 12.3. The topological polar surface area (TPSA) is 84.7 Å². The Labute approximate surface area is 210 Å². The number of rotatable bonds is 6. The highest BCUT2D eigenvalue weighted by molar-refractivity contribution is 5.86. The minimum Gasteiger partial charge on any atom is -0.481 e. The minimum absolute atomic E-state index is 0.0445. The number of ether oxygens (including phenoxy) is 1. The van der Waals surface area contributed by atoms with Gasteiger partial charge in [-0.3, -0.25) is 4.79 Å². The summed E-state index contributed by atoms with van der Waals surface area (Å²) in [4.78, 5) is 30.5. The Balaban J connectivity index is 1.66. The van der Waals surface area contributed by atoms with Crippen molar-refractivity contribution < 1.29 is 19.4 Å². The first-order valence-electron chi connectivity index (χ1n) is 12.1. The SMILES string of the molecule is COC(=O)N1CCc2ccc3c(nc(-c4cccc(CC(=O)O)c4)n3[C@@H](C)Cc3ccccc3)c2C1. The molecule has 0 saturated carbocycles. The lowest BCUT2D eigenvalue weighted by atomic mass is 9.98. The van der Waals surface area contributed by atoms with Crippen LogP contribution in [0.15, 0.2) is 66.7 Å². The van der Waals surface area contributed by atoms with E-state index < -0.39 is 5.97 Å². The summed E-state index contributed by atoms with van der Waals surface area (Å²) in [6.07, 6.45) is 1.18. The Morgan fingerprint density at radius 2 is 1.83 bits per heavy atom. The van der Waals surface area contributed by atoms with Gasteiger partial charge in [0, 0.05) is 23.7 Å². The molecule has 0 aliphatic carbocycles. The lowest BCUT2D eigenvalue weighted by molar-refractivity contribution is -0.136. The molecule has 1 N–H and O–H groups in total. The first-order valence-corrected chi connectivity index (χ1v) is 12.1. The highest BCUT2D eigenvalue weighted by Gasteiger charge is 2.27. The molecule has 0 radical (unpaired) electrons. The van der Waals surface area contributed by atoms with Gasteiger partial charge in [0.2, 0.25) is 0 Å². The van der Waals surface area contributed by atoms with Crippen molar-refractivity contribution in [2.24, 2.45) is 0 Å². The number of fused-ring (bicyclic) bond motifs is 3. The third kappa shape index (κ3) is 4.56. The number of aliphatic carboxylic acids is 1. The molecule has 184 valence electrons. The molecule has 1 amide bonds. The first-order chi connectivity index (χ1) is 17.4. The fourth-order valence-electron chi connectivity index (χ4n) is 5.17. The van der Waals surface area contributed by atoms with Crippen molar-refractivity contribution in [2.75, 3.05) is 13.7 Å². The van der Waals surface area contributed by atoms with E-state index >= 15 is 0 Å². The van der Waals surface area contributed by atoms with Crippen molar-refractivity contribution in [2.45, 2.75) is 38.8 Å². The summed E-state index contributed by atoms with van der Waals surface area (Å²) in [6, 6.07) is 22.3. The van der Waals surface area contributed by atoms with E-state index in [0.717, 1.165) is 46.4 Å². The van der Waals surface area contributed by atoms with Crippen LogP contribution in [0, 0.1) is 0 Å². The zero-order valence-corrected chi connectivity index (χ0v) is 20.5. The molecule has 0 spiro atoms. The second kappa shape index (κ2) is 9.85. The lowest BCUT2D eigenvalue weighted by Crippen LogP contribution is -2.35. The highest BCUT2D eigenvalue weighted by atomic mass is 16.5. The Hall–Kier alpha value is -4.13. The van der Waals surface area contributed by atoms with Crippen molar-refractivity contribution in [3.63, 3.8) is 0 Å². The van der Waals surface area contributed by atoms with Crippen molar-refractivity contribution in [1.29, 1.82) is 0 Å². The summed E-state index contributed by atoms with van der Waals surface area (Å²) in [5.74, 6) is -0.0701. The van der Waals surface area contributed by atoms with Gasteiger partial charge in [0.1, 0.15) is 5.82 Å². The van der Waals surface area contributed by atoms with E-state index in [1.54, 1.807) is 4.90 Å². The van der Waals surface area contributed by atoms with Crippen molar-refractivity contribution in [3.05, 3.63) is 89.0 Å². The van der Waals surface area contributed by atoms with Gasteiger partial charge < -0.3 is 19.3 Å². The van der Waals surface area contributed by atoms with Crippen LogP contribution in [-0.4, -0.2) is 45.3 Å². The van der Waals surface area contributed by atoms with E-state index in [2.05, 4.69) is 35.8 Å². The summed E-state index contributed by atoms with van der Waals surface area (Å²) >= 11 is 0. The van der Waals surface area contributed by atoms with Gasteiger partial charge in [0.25, 0.3) is 0 Å². The van der Waals surface area contributed by atoms with E-state index in [1.165, 1.54) is 18.2 Å². The normalized spacial score (nSPS) is 13.9. The number of nitrogens with zero attached hydrogens (tertiary/aromatic N) is 3. The third-order valence-electron chi connectivity index (χ3n) is 6.85. The fraction of sp³-hybridized carbons (Fsp3) is 0.276. The fourth-order valence-corrected chi connectivity index (χ4v) is 5.17. The van der Waals surface area contributed by atoms with Crippen molar-refractivity contribution in [1.82, 2.24) is 14.5 Å². The van der Waals surface area contributed by atoms with Crippen LogP contribution in [-0.2, 0) is 35.3 Å². The molecule has 1 aliphatic heterocycles. The monoisotopic (exact) mass is 483 g/mol.